The Labute approximate surface area is 106 Å². The van der Waals surface area contributed by atoms with Gasteiger partial charge in [-0.2, -0.15) is 5.10 Å². The molecule has 2 aromatic heterocycles. The number of nitrogen functional groups attached to an aromatic ring is 1. The molecule has 0 unspecified atom stereocenters. The van der Waals surface area contributed by atoms with Crippen molar-refractivity contribution < 1.29 is 0 Å². The molecule has 0 radical (unpaired) electrons. The summed E-state index contributed by atoms with van der Waals surface area (Å²) >= 11 is 0. The number of hydrogen-bond acceptors (Lipinski definition) is 5. The number of nitrogens with two attached hydrogens (primary N) is 1. The van der Waals surface area contributed by atoms with Crippen molar-refractivity contribution in [2.24, 2.45) is 5.92 Å². The first kappa shape index (κ1) is 11.4. The van der Waals surface area contributed by atoms with Crippen LogP contribution in [0, 0.1) is 5.92 Å². The van der Waals surface area contributed by atoms with E-state index in [1.54, 1.807) is 6.20 Å². The maximum Gasteiger partial charge on any atom is 0.163 e. The van der Waals surface area contributed by atoms with Gasteiger partial charge >= 0.3 is 0 Å². The Hall–Kier alpha value is -1.69. The van der Waals surface area contributed by atoms with Gasteiger partial charge in [0.05, 0.1) is 11.6 Å². The number of fused-ring (bicyclic) bond motifs is 1. The summed E-state index contributed by atoms with van der Waals surface area (Å²) < 4.78 is 1.96. The van der Waals surface area contributed by atoms with Crippen LogP contribution in [0.2, 0.25) is 0 Å². The highest BCUT2D eigenvalue weighted by Gasteiger charge is 2.18. The summed E-state index contributed by atoms with van der Waals surface area (Å²) in [6, 6.07) is 0. The summed E-state index contributed by atoms with van der Waals surface area (Å²) in [4.78, 5) is 10.6. The first-order valence-electron chi connectivity index (χ1n) is 6.34. The quantitative estimate of drug-likeness (QED) is 0.846. The molecule has 2 N–H and O–H groups in total. The van der Waals surface area contributed by atoms with Crippen molar-refractivity contribution in [1.82, 2.24) is 24.6 Å². The number of piperidine rings is 1. The zero-order chi connectivity index (χ0) is 12.5. The molecular weight excluding hydrogens is 228 g/mol. The molecule has 1 aliphatic rings. The van der Waals surface area contributed by atoms with Gasteiger partial charge in [0.1, 0.15) is 12.1 Å². The Kier molecular flexibility index (Phi) is 2.87. The standard InChI is InChI=1S/C12H18N6/c1-17-4-2-9(3-5-17)7-18-12-10(6-16-18)11(13)14-8-15-12/h6,8-9H,2-5,7H2,1H3,(H2,13,14,15). The zero-order valence-corrected chi connectivity index (χ0v) is 10.6. The smallest absolute Gasteiger partial charge is 0.163 e. The van der Waals surface area contributed by atoms with Crippen molar-refractivity contribution in [2.45, 2.75) is 19.4 Å². The average Bonchev–Trinajstić information content (AvgIpc) is 2.77. The lowest BCUT2D eigenvalue weighted by atomic mass is 9.97. The first-order valence-corrected chi connectivity index (χ1v) is 6.34. The zero-order valence-electron chi connectivity index (χ0n) is 10.6. The summed E-state index contributed by atoms with van der Waals surface area (Å²) in [5.74, 6) is 1.19. The van der Waals surface area contributed by atoms with Gasteiger partial charge in [-0.3, -0.25) is 0 Å². The van der Waals surface area contributed by atoms with E-state index in [4.69, 9.17) is 5.73 Å². The SMILES string of the molecule is CN1CCC(Cn2ncc3c(N)ncnc32)CC1. The van der Waals surface area contributed by atoms with Gasteiger partial charge in [-0.05, 0) is 38.9 Å². The second-order valence-corrected chi connectivity index (χ2v) is 5.07. The van der Waals surface area contributed by atoms with E-state index < -0.39 is 0 Å². The minimum absolute atomic E-state index is 0.509. The summed E-state index contributed by atoms with van der Waals surface area (Å²) in [5.41, 5.74) is 6.66. The lowest BCUT2D eigenvalue weighted by molar-refractivity contribution is 0.202. The molecule has 96 valence electrons. The fourth-order valence-corrected chi connectivity index (χ4v) is 2.53. The third-order valence-corrected chi connectivity index (χ3v) is 3.73. The highest BCUT2D eigenvalue weighted by molar-refractivity contribution is 5.84. The van der Waals surface area contributed by atoms with Gasteiger partial charge < -0.3 is 10.6 Å². The molecule has 0 saturated carbocycles. The van der Waals surface area contributed by atoms with Crippen molar-refractivity contribution >= 4 is 16.9 Å². The van der Waals surface area contributed by atoms with Crippen molar-refractivity contribution in [3.63, 3.8) is 0 Å². The summed E-state index contributed by atoms with van der Waals surface area (Å²) in [5, 5.41) is 5.24. The minimum atomic E-state index is 0.509. The molecule has 0 spiro atoms. The maximum absolute atomic E-state index is 5.81. The van der Waals surface area contributed by atoms with Crippen molar-refractivity contribution in [3.05, 3.63) is 12.5 Å². The van der Waals surface area contributed by atoms with Gasteiger partial charge in [0.25, 0.3) is 0 Å². The third-order valence-electron chi connectivity index (χ3n) is 3.73. The van der Waals surface area contributed by atoms with Crippen LogP contribution in [0.15, 0.2) is 12.5 Å². The predicted molar refractivity (Wildman–Crippen MR) is 70.0 cm³/mol. The number of anilines is 1. The Morgan fingerprint density at radius 2 is 2.11 bits per heavy atom. The molecule has 0 aliphatic carbocycles. The van der Waals surface area contributed by atoms with E-state index >= 15 is 0 Å². The topological polar surface area (TPSA) is 72.9 Å². The fourth-order valence-electron chi connectivity index (χ4n) is 2.53. The summed E-state index contributed by atoms with van der Waals surface area (Å²) in [6.07, 6.45) is 5.71. The van der Waals surface area contributed by atoms with Crippen LogP contribution < -0.4 is 5.73 Å². The van der Waals surface area contributed by atoms with Gasteiger partial charge in [-0.25, -0.2) is 14.6 Å². The van der Waals surface area contributed by atoms with Crippen LogP contribution in [0.4, 0.5) is 5.82 Å². The number of aromatic nitrogens is 4. The van der Waals surface area contributed by atoms with Gasteiger partial charge in [-0.1, -0.05) is 0 Å². The van der Waals surface area contributed by atoms with E-state index in [0.29, 0.717) is 11.7 Å². The molecule has 18 heavy (non-hydrogen) atoms. The average molecular weight is 246 g/mol. The van der Waals surface area contributed by atoms with E-state index in [9.17, 15) is 0 Å². The van der Waals surface area contributed by atoms with Crippen LogP contribution in [0.3, 0.4) is 0 Å². The Morgan fingerprint density at radius 1 is 1.33 bits per heavy atom. The normalized spacial score (nSPS) is 18.5. The number of rotatable bonds is 2. The Morgan fingerprint density at radius 3 is 2.89 bits per heavy atom. The molecule has 0 aromatic carbocycles. The fraction of sp³-hybridized carbons (Fsp3) is 0.583. The molecule has 0 atom stereocenters. The highest BCUT2D eigenvalue weighted by atomic mass is 15.3. The molecule has 2 aromatic rings. The monoisotopic (exact) mass is 246 g/mol. The molecule has 6 heteroatoms. The lowest BCUT2D eigenvalue weighted by Gasteiger charge is -2.28. The molecular formula is C12H18N6. The number of hydrogen-bond donors (Lipinski definition) is 1. The number of nitrogens with zero attached hydrogens (tertiary/aromatic N) is 5. The van der Waals surface area contributed by atoms with Crippen molar-refractivity contribution in [2.75, 3.05) is 25.9 Å². The van der Waals surface area contributed by atoms with E-state index in [1.165, 1.54) is 32.3 Å². The molecule has 3 heterocycles. The molecule has 1 aliphatic heterocycles. The van der Waals surface area contributed by atoms with Gasteiger partial charge in [0.2, 0.25) is 0 Å². The van der Waals surface area contributed by atoms with E-state index in [2.05, 4.69) is 27.0 Å². The largest absolute Gasteiger partial charge is 0.383 e. The highest BCUT2D eigenvalue weighted by Crippen LogP contribution is 2.21. The van der Waals surface area contributed by atoms with Crippen LogP contribution in [-0.2, 0) is 6.54 Å². The first-order chi connectivity index (χ1) is 8.74. The van der Waals surface area contributed by atoms with Crippen LogP contribution in [0.5, 0.6) is 0 Å². The van der Waals surface area contributed by atoms with Gasteiger partial charge in [0.15, 0.2) is 5.65 Å². The van der Waals surface area contributed by atoms with Gasteiger partial charge in [0, 0.05) is 6.54 Å². The Bertz CT molecular complexity index is 540. The third kappa shape index (κ3) is 2.03. The van der Waals surface area contributed by atoms with Crippen LogP contribution in [0.25, 0.3) is 11.0 Å². The predicted octanol–water partition coefficient (Wildman–Crippen LogP) is 0.750. The second kappa shape index (κ2) is 4.53. The summed E-state index contributed by atoms with van der Waals surface area (Å²) in [7, 11) is 2.17. The lowest BCUT2D eigenvalue weighted by Crippen LogP contribution is -2.32. The molecule has 0 bridgehead atoms. The van der Waals surface area contributed by atoms with Crippen LogP contribution >= 0.6 is 0 Å². The van der Waals surface area contributed by atoms with Crippen molar-refractivity contribution in [1.29, 1.82) is 0 Å². The Balaban J connectivity index is 1.81. The van der Waals surface area contributed by atoms with Crippen LogP contribution in [0.1, 0.15) is 12.8 Å². The molecule has 0 amide bonds. The second-order valence-electron chi connectivity index (χ2n) is 5.07. The molecule has 3 rings (SSSR count). The molecule has 6 nitrogen and oxygen atoms in total. The van der Waals surface area contributed by atoms with Crippen molar-refractivity contribution in [3.8, 4) is 0 Å². The van der Waals surface area contributed by atoms with E-state index in [1.807, 2.05) is 4.68 Å². The molecule has 1 fully saturated rings. The van der Waals surface area contributed by atoms with Crippen LogP contribution in [-0.4, -0.2) is 44.8 Å². The van der Waals surface area contributed by atoms with Gasteiger partial charge in [-0.15, -0.1) is 0 Å². The maximum atomic E-state index is 5.81. The molecule has 1 saturated heterocycles. The van der Waals surface area contributed by atoms with E-state index in [-0.39, 0.29) is 0 Å². The number of likely N-dealkylation sites (tertiary alicyclic amines) is 1. The minimum Gasteiger partial charge on any atom is -0.383 e. The van der Waals surface area contributed by atoms with E-state index in [0.717, 1.165) is 17.6 Å². The summed E-state index contributed by atoms with van der Waals surface area (Å²) in [6.45, 7) is 3.26.